The van der Waals surface area contributed by atoms with Gasteiger partial charge in [0.25, 0.3) is 0 Å². The van der Waals surface area contributed by atoms with Crippen molar-refractivity contribution >= 4 is 11.9 Å². The summed E-state index contributed by atoms with van der Waals surface area (Å²) in [6.45, 7) is 3.98. The van der Waals surface area contributed by atoms with Crippen molar-refractivity contribution in [1.29, 1.82) is 0 Å². The Labute approximate surface area is 127 Å². The molecule has 1 atom stereocenters. The second kappa shape index (κ2) is 7.75. The Bertz CT molecular complexity index is 568. The third kappa shape index (κ3) is 4.83. The topological polar surface area (TPSA) is 32.6 Å². The molecule has 2 heteroatoms. The third-order valence-electron chi connectivity index (χ3n) is 3.54. The number of aliphatic hydroxyl groups excluding tert-OH is 1. The molecule has 0 fully saturated rings. The number of hydrogen-bond donors (Lipinski definition) is 1. The van der Waals surface area contributed by atoms with Gasteiger partial charge in [0, 0.05) is 6.21 Å². The van der Waals surface area contributed by atoms with Crippen LogP contribution in [0, 0.1) is 0 Å². The van der Waals surface area contributed by atoms with Gasteiger partial charge in [-0.05, 0) is 48.6 Å². The van der Waals surface area contributed by atoms with Gasteiger partial charge in [-0.3, -0.25) is 4.99 Å². The molecule has 0 aliphatic carbocycles. The second-order valence-corrected chi connectivity index (χ2v) is 5.37. The average molecular weight is 281 g/mol. The Morgan fingerprint density at radius 2 is 1.71 bits per heavy atom. The molecular formula is C19H23NO. The molecule has 2 aromatic carbocycles. The van der Waals surface area contributed by atoms with Gasteiger partial charge >= 0.3 is 0 Å². The number of aryl methyl sites for hydroxylation is 1. The third-order valence-corrected chi connectivity index (χ3v) is 3.54. The van der Waals surface area contributed by atoms with E-state index in [9.17, 15) is 5.11 Å². The fourth-order valence-electron chi connectivity index (χ4n) is 2.14. The summed E-state index contributed by atoms with van der Waals surface area (Å²) in [4.78, 5) is 4.48. The lowest BCUT2D eigenvalue weighted by Crippen LogP contribution is -1.91. The normalized spacial score (nSPS) is 12.7. The van der Waals surface area contributed by atoms with Crippen LogP contribution in [0.4, 0.5) is 5.69 Å². The first-order chi connectivity index (χ1) is 10.2. The van der Waals surface area contributed by atoms with E-state index in [0.29, 0.717) is 0 Å². The molecule has 0 aliphatic rings. The standard InChI is InChI=1S/C19H23NO/c1-3-4-5-16-8-12-19(13-9-16)20-14-17-6-10-18(11-7-17)15(2)21/h6-15,21H,3-5H2,1-2H3. The summed E-state index contributed by atoms with van der Waals surface area (Å²) in [5.74, 6) is 0. The Morgan fingerprint density at radius 1 is 1.05 bits per heavy atom. The maximum Gasteiger partial charge on any atom is 0.0761 e. The second-order valence-electron chi connectivity index (χ2n) is 5.37. The Hall–Kier alpha value is -1.93. The lowest BCUT2D eigenvalue weighted by Gasteiger charge is -2.04. The number of aliphatic hydroxyl groups is 1. The highest BCUT2D eigenvalue weighted by Crippen LogP contribution is 2.16. The van der Waals surface area contributed by atoms with Crippen molar-refractivity contribution in [3.63, 3.8) is 0 Å². The van der Waals surface area contributed by atoms with Crippen LogP contribution in [0.25, 0.3) is 0 Å². The number of hydrogen-bond acceptors (Lipinski definition) is 2. The largest absolute Gasteiger partial charge is 0.389 e. The molecule has 0 heterocycles. The molecule has 0 saturated heterocycles. The number of nitrogens with zero attached hydrogens (tertiary/aromatic N) is 1. The van der Waals surface area contributed by atoms with Crippen LogP contribution in [-0.2, 0) is 6.42 Å². The maximum absolute atomic E-state index is 9.48. The number of unbranched alkanes of at least 4 members (excludes halogenated alkanes) is 1. The first-order valence-electron chi connectivity index (χ1n) is 7.60. The van der Waals surface area contributed by atoms with Gasteiger partial charge in [-0.15, -0.1) is 0 Å². The summed E-state index contributed by atoms with van der Waals surface area (Å²) < 4.78 is 0. The van der Waals surface area contributed by atoms with E-state index in [0.717, 1.165) is 23.2 Å². The first kappa shape index (κ1) is 15.5. The van der Waals surface area contributed by atoms with E-state index < -0.39 is 6.10 Å². The zero-order chi connectivity index (χ0) is 15.1. The minimum absolute atomic E-state index is 0.424. The quantitative estimate of drug-likeness (QED) is 0.755. The van der Waals surface area contributed by atoms with Gasteiger partial charge in [-0.2, -0.15) is 0 Å². The summed E-state index contributed by atoms with van der Waals surface area (Å²) in [5.41, 5.74) is 4.30. The minimum Gasteiger partial charge on any atom is -0.389 e. The van der Waals surface area contributed by atoms with Crippen LogP contribution in [0.2, 0.25) is 0 Å². The fourth-order valence-corrected chi connectivity index (χ4v) is 2.14. The Kier molecular flexibility index (Phi) is 5.70. The van der Waals surface area contributed by atoms with Crippen LogP contribution in [0.1, 0.15) is 49.5 Å². The fraction of sp³-hybridized carbons (Fsp3) is 0.316. The predicted molar refractivity (Wildman–Crippen MR) is 89.4 cm³/mol. The average Bonchev–Trinajstić information content (AvgIpc) is 2.52. The van der Waals surface area contributed by atoms with E-state index in [1.165, 1.54) is 18.4 Å². The van der Waals surface area contributed by atoms with Gasteiger partial charge in [0.05, 0.1) is 11.8 Å². The molecule has 2 aromatic rings. The van der Waals surface area contributed by atoms with Gasteiger partial charge in [0.2, 0.25) is 0 Å². The molecular weight excluding hydrogens is 258 g/mol. The molecule has 21 heavy (non-hydrogen) atoms. The molecule has 0 spiro atoms. The highest BCUT2D eigenvalue weighted by atomic mass is 16.3. The molecule has 0 saturated carbocycles. The first-order valence-corrected chi connectivity index (χ1v) is 7.60. The van der Waals surface area contributed by atoms with Crippen molar-refractivity contribution in [2.45, 2.75) is 39.2 Å². The molecule has 0 amide bonds. The molecule has 0 radical (unpaired) electrons. The van der Waals surface area contributed by atoms with Crippen molar-refractivity contribution in [1.82, 2.24) is 0 Å². The zero-order valence-electron chi connectivity index (χ0n) is 12.8. The van der Waals surface area contributed by atoms with Gasteiger partial charge in [-0.25, -0.2) is 0 Å². The highest BCUT2D eigenvalue weighted by Gasteiger charge is 1.99. The molecule has 0 aliphatic heterocycles. The van der Waals surface area contributed by atoms with Gasteiger partial charge < -0.3 is 5.11 Å². The predicted octanol–water partition coefficient (Wildman–Crippen LogP) is 4.83. The van der Waals surface area contributed by atoms with E-state index >= 15 is 0 Å². The Morgan fingerprint density at radius 3 is 2.29 bits per heavy atom. The van der Waals surface area contributed by atoms with Gasteiger partial charge in [-0.1, -0.05) is 49.7 Å². The van der Waals surface area contributed by atoms with Crippen LogP contribution in [0.3, 0.4) is 0 Å². The van der Waals surface area contributed by atoms with Gasteiger partial charge in [0.15, 0.2) is 0 Å². The molecule has 0 bridgehead atoms. The molecule has 2 rings (SSSR count). The van der Waals surface area contributed by atoms with E-state index in [2.05, 4.69) is 36.2 Å². The molecule has 1 unspecified atom stereocenters. The van der Waals surface area contributed by atoms with Crippen LogP contribution in [0.5, 0.6) is 0 Å². The van der Waals surface area contributed by atoms with Crippen LogP contribution in [0.15, 0.2) is 53.5 Å². The van der Waals surface area contributed by atoms with E-state index in [1.54, 1.807) is 6.92 Å². The molecule has 1 N–H and O–H groups in total. The van der Waals surface area contributed by atoms with Crippen molar-refractivity contribution in [3.05, 3.63) is 65.2 Å². The van der Waals surface area contributed by atoms with Crippen molar-refractivity contribution < 1.29 is 5.11 Å². The van der Waals surface area contributed by atoms with Gasteiger partial charge in [0.1, 0.15) is 0 Å². The lowest BCUT2D eigenvalue weighted by atomic mass is 10.1. The number of rotatable bonds is 6. The zero-order valence-corrected chi connectivity index (χ0v) is 12.8. The van der Waals surface area contributed by atoms with Crippen LogP contribution < -0.4 is 0 Å². The summed E-state index contributed by atoms with van der Waals surface area (Å²) in [5, 5.41) is 9.48. The van der Waals surface area contributed by atoms with Crippen molar-refractivity contribution in [2.24, 2.45) is 4.99 Å². The van der Waals surface area contributed by atoms with Crippen LogP contribution >= 0.6 is 0 Å². The summed E-state index contributed by atoms with van der Waals surface area (Å²) in [7, 11) is 0. The number of benzene rings is 2. The number of aliphatic imine (C=N–C) groups is 1. The Balaban J connectivity index is 2.00. The van der Waals surface area contributed by atoms with Crippen molar-refractivity contribution in [3.8, 4) is 0 Å². The summed E-state index contributed by atoms with van der Waals surface area (Å²) in [6, 6.07) is 16.2. The minimum atomic E-state index is -0.424. The molecule has 110 valence electrons. The molecule has 0 aromatic heterocycles. The monoisotopic (exact) mass is 281 g/mol. The van der Waals surface area contributed by atoms with E-state index in [-0.39, 0.29) is 0 Å². The smallest absolute Gasteiger partial charge is 0.0761 e. The molecule has 2 nitrogen and oxygen atoms in total. The maximum atomic E-state index is 9.48. The summed E-state index contributed by atoms with van der Waals surface area (Å²) in [6.07, 6.45) is 5.03. The highest BCUT2D eigenvalue weighted by molar-refractivity contribution is 5.81. The van der Waals surface area contributed by atoms with Crippen LogP contribution in [-0.4, -0.2) is 11.3 Å². The van der Waals surface area contributed by atoms with E-state index in [4.69, 9.17) is 0 Å². The lowest BCUT2D eigenvalue weighted by molar-refractivity contribution is 0.199. The summed E-state index contributed by atoms with van der Waals surface area (Å²) >= 11 is 0. The SMILES string of the molecule is CCCCc1ccc(N=Cc2ccc(C(C)O)cc2)cc1. The van der Waals surface area contributed by atoms with Crippen molar-refractivity contribution in [2.75, 3.05) is 0 Å². The van der Waals surface area contributed by atoms with E-state index in [1.807, 2.05) is 30.5 Å².